The summed E-state index contributed by atoms with van der Waals surface area (Å²) in [7, 11) is 4.70. The van der Waals surface area contributed by atoms with Crippen molar-refractivity contribution < 1.29 is 14.2 Å². The Balaban J connectivity index is 2.43. The molecule has 6 heteroatoms. The fourth-order valence-corrected chi connectivity index (χ4v) is 1.96. The molecule has 1 heterocycles. The SMILES string of the molecule is COc1cc(Nc2nccc(C)c2N)cc(OC)c1OC. The van der Waals surface area contributed by atoms with Crippen molar-refractivity contribution in [2.45, 2.75) is 6.92 Å². The van der Waals surface area contributed by atoms with Crippen molar-refractivity contribution in [3.05, 3.63) is 30.0 Å². The zero-order valence-corrected chi connectivity index (χ0v) is 12.6. The maximum absolute atomic E-state index is 6.02. The van der Waals surface area contributed by atoms with Gasteiger partial charge in [0.1, 0.15) is 0 Å². The van der Waals surface area contributed by atoms with Gasteiger partial charge in [0, 0.05) is 24.0 Å². The number of anilines is 3. The minimum Gasteiger partial charge on any atom is -0.493 e. The monoisotopic (exact) mass is 289 g/mol. The van der Waals surface area contributed by atoms with E-state index >= 15 is 0 Å². The molecule has 0 aliphatic rings. The standard InChI is InChI=1S/C15H19N3O3/c1-9-5-6-17-15(13(9)16)18-10-7-11(19-2)14(21-4)12(8-10)20-3/h5-8H,16H2,1-4H3,(H,17,18). The molecule has 2 rings (SSSR count). The summed E-state index contributed by atoms with van der Waals surface area (Å²) < 4.78 is 15.9. The van der Waals surface area contributed by atoms with Gasteiger partial charge in [-0.25, -0.2) is 4.98 Å². The number of aromatic nitrogens is 1. The van der Waals surface area contributed by atoms with Crippen molar-refractivity contribution in [3.63, 3.8) is 0 Å². The highest BCUT2D eigenvalue weighted by molar-refractivity contribution is 5.73. The van der Waals surface area contributed by atoms with Crippen LogP contribution in [0.1, 0.15) is 5.56 Å². The van der Waals surface area contributed by atoms with Crippen molar-refractivity contribution in [2.75, 3.05) is 32.4 Å². The lowest BCUT2D eigenvalue weighted by Gasteiger charge is -2.15. The Bertz CT molecular complexity index is 619. The predicted molar refractivity (Wildman–Crippen MR) is 82.8 cm³/mol. The molecular weight excluding hydrogens is 270 g/mol. The van der Waals surface area contributed by atoms with Crippen molar-refractivity contribution >= 4 is 17.2 Å². The fraction of sp³-hybridized carbons (Fsp3) is 0.267. The van der Waals surface area contributed by atoms with Gasteiger partial charge >= 0.3 is 0 Å². The Kier molecular flexibility index (Phi) is 4.37. The number of nitrogens with two attached hydrogens (primary N) is 1. The molecule has 1 aromatic carbocycles. The van der Waals surface area contributed by atoms with E-state index in [2.05, 4.69) is 10.3 Å². The molecule has 0 spiro atoms. The molecule has 6 nitrogen and oxygen atoms in total. The van der Waals surface area contributed by atoms with Gasteiger partial charge in [-0.05, 0) is 18.6 Å². The number of nitrogen functional groups attached to an aromatic ring is 1. The Morgan fingerprint density at radius 2 is 1.67 bits per heavy atom. The molecule has 1 aromatic heterocycles. The maximum atomic E-state index is 6.02. The highest BCUT2D eigenvalue weighted by Crippen LogP contribution is 2.40. The summed E-state index contributed by atoms with van der Waals surface area (Å²) in [6, 6.07) is 5.45. The normalized spacial score (nSPS) is 10.1. The first-order valence-electron chi connectivity index (χ1n) is 6.38. The Morgan fingerprint density at radius 1 is 1.05 bits per heavy atom. The molecule has 0 fully saturated rings. The van der Waals surface area contributed by atoms with Gasteiger partial charge in [-0.1, -0.05) is 0 Å². The number of hydrogen-bond acceptors (Lipinski definition) is 6. The first-order valence-corrected chi connectivity index (χ1v) is 6.38. The summed E-state index contributed by atoms with van der Waals surface area (Å²) in [6.07, 6.45) is 1.70. The average molecular weight is 289 g/mol. The zero-order valence-electron chi connectivity index (χ0n) is 12.6. The summed E-state index contributed by atoms with van der Waals surface area (Å²) in [5.74, 6) is 2.25. The lowest BCUT2D eigenvalue weighted by Crippen LogP contribution is -2.02. The fourth-order valence-electron chi connectivity index (χ4n) is 1.96. The molecule has 0 aliphatic carbocycles. The highest BCUT2D eigenvalue weighted by Gasteiger charge is 2.14. The first-order chi connectivity index (χ1) is 10.1. The number of rotatable bonds is 5. The van der Waals surface area contributed by atoms with E-state index in [4.69, 9.17) is 19.9 Å². The molecule has 0 unspecified atom stereocenters. The third kappa shape index (κ3) is 2.94. The van der Waals surface area contributed by atoms with Gasteiger partial charge in [-0.2, -0.15) is 0 Å². The van der Waals surface area contributed by atoms with Crippen LogP contribution in [-0.4, -0.2) is 26.3 Å². The van der Waals surface area contributed by atoms with Crippen LogP contribution in [0.25, 0.3) is 0 Å². The number of hydrogen-bond donors (Lipinski definition) is 2. The zero-order chi connectivity index (χ0) is 15.4. The van der Waals surface area contributed by atoms with E-state index in [9.17, 15) is 0 Å². The predicted octanol–water partition coefficient (Wildman–Crippen LogP) is 2.74. The van der Waals surface area contributed by atoms with Crippen LogP contribution >= 0.6 is 0 Å². The Hall–Kier alpha value is -2.63. The number of nitrogens with one attached hydrogen (secondary N) is 1. The third-order valence-corrected chi connectivity index (χ3v) is 3.14. The molecule has 2 aromatic rings. The second-order valence-corrected chi connectivity index (χ2v) is 4.43. The van der Waals surface area contributed by atoms with Crippen LogP contribution in [0.15, 0.2) is 24.4 Å². The minimum absolute atomic E-state index is 0.538. The van der Waals surface area contributed by atoms with E-state index in [0.29, 0.717) is 28.8 Å². The van der Waals surface area contributed by atoms with Crippen molar-refractivity contribution in [3.8, 4) is 17.2 Å². The molecule has 0 aliphatic heterocycles. The van der Waals surface area contributed by atoms with Crippen LogP contribution in [0.4, 0.5) is 17.2 Å². The van der Waals surface area contributed by atoms with E-state index in [1.165, 1.54) is 0 Å². The number of nitrogens with zero attached hydrogens (tertiary/aromatic N) is 1. The molecule has 0 bridgehead atoms. The van der Waals surface area contributed by atoms with Crippen LogP contribution in [0.5, 0.6) is 17.2 Å². The van der Waals surface area contributed by atoms with E-state index in [1.807, 2.05) is 13.0 Å². The number of methoxy groups -OCH3 is 3. The largest absolute Gasteiger partial charge is 0.493 e. The Morgan fingerprint density at radius 3 is 2.19 bits per heavy atom. The molecule has 3 N–H and O–H groups in total. The molecule has 0 saturated heterocycles. The second-order valence-electron chi connectivity index (χ2n) is 4.43. The van der Waals surface area contributed by atoms with Crippen LogP contribution in [0.2, 0.25) is 0 Å². The highest BCUT2D eigenvalue weighted by atomic mass is 16.5. The van der Waals surface area contributed by atoms with Gasteiger partial charge < -0.3 is 25.3 Å². The van der Waals surface area contributed by atoms with Gasteiger partial charge in [0.05, 0.1) is 27.0 Å². The summed E-state index contributed by atoms with van der Waals surface area (Å²) in [4.78, 5) is 4.24. The van der Waals surface area contributed by atoms with Crippen LogP contribution in [-0.2, 0) is 0 Å². The summed E-state index contributed by atoms with van der Waals surface area (Å²) >= 11 is 0. The summed E-state index contributed by atoms with van der Waals surface area (Å²) in [5, 5.41) is 3.16. The smallest absolute Gasteiger partial charge is 0.203 e. The van der Waals surface area contributed by atoms with Crippen LogP contribution in [0.3, 0.4) is 0 Å². The molecule has 21 heavy (non-hydrogen) atoms. The van der Waals surface area contributed by atoms with Crippen molar-refractivity contribution in [1.82, 2.24) is 4.98 Å². The number of benzene rings is 1. The number of pyridine rings is 1. The number of ether oxygens (including phenoxy) is 3. The van der Waals surface area contributed by atoms with Crippen LogP contribution < -0.4 is 25.3 Å². The summed E-state index contributed by atoms with van der Waals surface area (Å²) in [5.41, 5.74) is 8.32. The van der Waals surface area contributed by atoms with E-state index in [1.54, 1.807) is 39.7 Å². The lowest BCUT2D eigenvalue weighted by molar-refractivity contribution is 0.324. The quantitative estimate of drug-likeness (QED) is 0.881. The van der Waals surface area contributed by atoms with E-state index in [-0.39, 0.29) is 0 Å². The molecular formula is C15H19N3O3. The molecule has 112 valence electrons. The molecule has 0 radical (unpaired) electrons. The van der Waals surface area contributed by atoms with Gasteiger partial charge in [-0.15, -0.1) is 0 Å². The van der Waals surface area contributed by atoms with Crippen molar-refractivity contribution in [1.29, 1.82) is 0 Å². The molecule has 0 atom stereocenters. The topological polar surface area (TPSA) is 78.6 Å². The molecule has 0 saturated carbocycles. The average Bonchev–Trinajstić information content (AvgIpc) is 2.50. The van der Waals surface area contributed by atoms with Gasteiger partial charge in [0.25, 0.3) is 0 Å². The first kappa shape index (κ1) is 14.8. The number of aryl methyl sites for hydroxylation is 1. The van der Waals surface area contributed by atoms with Crippen molar-refractivity contribution in [2.24, 2.45) is 0 Å². The second kappa shape index (κ2) is 6.21. The Labute approximate surface area is 123 Å². The van der Waals surface area contributed by atoms with Gasteiger partial charge in [0.15, 0.2) is 17.3 Å². The third-order valence-electron chi connectivity index (χ3n) is 3.14. The van der Waals surface area contributed by atoms with Crippen LogP contribution in [0, 0.1) is 6.92 Å². The van der Waals surface area contributed by atoms with Gasteiger partial charge in [-0.3, -0.25) is 0 Å². The van der Waals surface area contributed by atoms with Gasteiger partial charge in [0.2, 0.25) is 5.75 Å². The lowest BCUT2D eigenvalue weighted by atomic mass is 10.2. The summed E-state index contributed by atoms with van der Waals surface area (Å²) in [6.45, 7) is 1.93. The van der Waals surface area contributed by atoms with E-state index < -0.39 is 0 Å². The van der Waals surface area contributed by atoms with E-state index in [0.717, 1.165) is 11.3 Å². The molecule has 0 amide bonds. The maximum Gasteiger partial charge on any atom is 0.203 e. The minimum atomic E-state index is 0.538.